The SMILES string of the molecule is CCCOc1ccc(C2=C(N3CCCCC3)C(=O)N(C(C)C)C2=O)cc1. The first kappa shape index (κ1) is 18.5. The number of amides is 2. The molecule has 1 fully saturated rings. The van der Waals surface area contributed by atoms with E-state index in [1.807, 2.05) is 38.1 Å². The summed E-state index contributed by atoms with van der Waals surface area (Å²) in [4.78, 5) is 29.6. The van der Waals surface area contributed by atoms with E-state index in [-0.39, 0.29) is 17.9 Å². The van der Waals surface area contributed by atoms with Crippen molar-refractivity contribution < 1.29 is 14.3 Å². The number of carbonyl (C=O) groups excluding carboxylic acids is 2. The van der Waals surface area contributed by atoms with E-state index < -0.39 is 0 Å². The molecule has 0 bridgehead atoms. The maximum absolute atomic E-state index is 13.1. The molecule has 5 heteroatoms. The zero-order valence-electron chi connectivity index (χ0n) is 16.0. The number of likely N-dealkylation sites (tertiary alicyclic amines) is 1. The van der Waals surface area contributed by atoms with Crippen LogP contribution < -0.4 is 4.74 Å². The fourth-order valence-electron chi connectivity index (χ4n) is 3.61. The van der Waals surface area contributed by atoms with Crippen LogP contribution in [-0.4, -0.2) is 47.4 Å². The van der Waals surface area contributed by atoms with Crippen LogP contribution in [0, 0.1) is 0 Å². The first-order valence-corrected chi connectivity index (χ1v) is 9.65. The molecule has 0 spiro atoms. The molecule has 0 aliphatic carbocycles. The molecule has 0 atom stereocenters. The third-order valence-corrected chi connectivity index (χ3v) is 4.90. The third-order valence-electron chi connectivity index (χ3n) is 4.90. The van der Waals surface area contributed by atoms with Gasteiger partial charge in [0.05, 0.1) is 12.2 Å². The Bertz CT molecular complexity index is 700. The zero-order chi connectivity index (χ0) is 18.7. The van der Waals surface area contributed by atoms with Gasteiger partial charge in [0, 0.05) is 19.1 Å². The Kier molecular flexibility index (Phi) is 5.64. The highest BCUT2D eigenvalue weighted by molar-refractivity contribution is 6.35. The number of ether oxygens (including phenoxy) is 1. The molecule has 0 aromatic heterocycles. The molecular formula is C21H28N2O3. The molecule has 3 rings (SSSR count). The van der Waals surface area contributed by atoms with Gasteiger partial charge in [-0.3, -0.25) is 14.5 Å². The largest absolute Gasteiger partial charge is 0.494 e. The molecule has 2 aliphatic rings. The molecule has 5 nitrogen and oxygen atoms in total. The minimum atomic E-state index is -0.187. The third kappa shape index (κ3) is 3.48. The summed E-state index contributed by atoms with van der Waals surface area (Å²) >= 11 is 0. The van der Waals surface area contributed by atoms with E-state index in [1.165, 1.54) is 11.3 Å². The topological polar surface area (TPSA) is 49.9 Å². The van der Waals surface area contributed by atoms with Crippen LogP contribution in [0.1, 0.15) is 52.0 Å². The fourth-order valence-corrected chi connectivity index (χ4v) is 3.61. The van der Waals surface area contributed by atoms with Gasteiger partial charge in [0.2, 0.25) is 0 Å². The summed E-state index contributed by atoms with van der Waals surface area (Å²) in [6.07, 6.45) is 4.24. The Morgan fingerprint density at radius 3 is 2.23 bits per heavy atom. The Labute approximate surface area is 155 Å². The van der Waals surface area contributed by atoms with Crippen molar-refractivity contribution in [3.05, 3.63) is 35.5 Å². The maximum atomic E-state index is 13.1. The van der Waals surface area contributed by atoms with Gasteiger partial charge in [-0.1, -0.05) is 19.1 Å². The Morgan fingerprint density at radius 1 is 1.00 bits per heavy atom. The number of imide groups is 1. The maximum Gasteiger partial charge on any atom is 0.278 e. The van der Waals surface area contributed by atoms with Crippen LogP contribution in [-0.2, 0) is 9.59 Å². The van der Waals surface area contributed by atoms with E-state index in [0.717, 1.165) is 43.7 Å². The lowest BCUT2D eigenvalue weighted by atomic mass is 10.0. The van der Waals surface area contributed by atoms with E-state index in [1.54, 1.807) is 0 Å². The van der Waals surface area contributed by atoms with Crippen molar-refractivity contribution in [3.8, 4) is 5.75 Å². The van der Waals surface area contributed by atoms with Crippen LogP contribution in [0.3, 0.4) is 0 Å². The van der Waals surface area contributed by atoms with E-state index in [4.69, 9.17) is 4.74 Å². The van der Waals surface area contributed by atoms with Crippen molar-refractivity contribution in [1.82, 2.24) is 9.80 Å². The minimum Gasteiger partial charge on any atom is -0.494 e. The Balaban J connectivity index is 1.99. The molecule has 0 radical (unpaired) electrons. The van der Waals surface area contributed by atoms with E-state index in [9.17, 15) is 9.59 Å². The predicted octanol–water partition coefficient (Wildman–Crippen LogP) is 3.45. The number of carbonyl (C=O) groups is 2. The monoisotopic (exact) mass is 356 g/mol. The van der Waals surface area contributed by atoms with Gasteiger partial charge in [0.25, 0.3) is 11.8 Å². The van der Waals surface area contributed by atoms with Crippen LogP contribution >= 0.6 is 0 Å². The molecule has 2 amide bonds. The summed E-state index contributed by atoms with van der Waals surface area (Å²) in [5, 5.41) is 0. The van der Waals surface area contributed by atoms with E-state index >= 15 is 0 Å². The number of nitrogens with zero attached hydrogens (tertiary/aromatic N) is 2. The van der Waals surface area contributed by atoms with Gasteiger partial charge >= 0.3 is 0 Å². The number of hydrogen-bond donors (Lipinski definition) is 0. The van der Waals surface area contributed by atoms with Gasteiger partial charge < -0.3 is 9.64 Å². The van der Waals surface area contributed by atoms with Crippen molar-refractivity contribution in [2.75, 3.05) is 19.7 Å². The normalized spacial score (nSPS) is 18.3. The summed E-state index contributed by atoms with van der Waals surface area (Å²) in [6.45, 7) is 8.17. The molecule has 2 aliphatic heterocycles. The predicted molar refractivity (Wildman–Crippen MR) is 102 cm³/mol. The van der Waals surface area contributed by atoms with Crippen LogP contribution in [0.15, 0.2) is 30.0 Å². The lowest BCUT2D eigenvalue weighted by Gasteiger charge is -2.30. The highest BCUT2D eigenvalue weighted by atomic mass is 16.5. The zero-order valence-corrected chi connectivity index (χ0v) is 16.0. The van der Waals surface area contributed by atoms with Gasteiger partial charge in [0.1, 0.15) is 11.4 Å². The van der Waals surface area contributed by atoms with Gasteiger partial charge in [-0.2, -0.15) is 0 Å². The van der Waals surface area contributed by atoms with Gasteiger partial charge in [-0.15, -0.1) is 0 Å². The first-order chi connectivity index (χ1) is 12.5. The van der Waals surface area contributed by atoms with Crippen molar-refractivity contribution in [2.24, 2.45) is 0 Å². The van der Waals surface area contributed by atoms with Crippen LogP contribution in [0.5, 0.6) is 5.75 Å². The second kappa shape index (κ2) is 7.94. The molecule has 0 saturated carbocycles. The highest BCUT2D eigenvalue weighted by Crippen LogP contribution is 2.34. The summed E-state index contributed by atoms with van der Waals surface area (Å²) in [7, 11) is 0. The fraction of sp³-hybridized carbons (Fsp3) is 0.524. The van der Waals surface area contributed by atoms with Crippen LogP contribution in [0.2, 0.25) is 0 Å². The molecule has 1 saturated heterocycles. The summed E-state index contributed by atoms with van der Waals surface area (Å²) in [6, 6.07) is 7.38. The van der Waals surface area contributed by atoms with Crippen molar-refractivity contribution in [3.63, 3.8) is 0 Å². The summed E-state index contributed by atoms with van der Waals surface area (Å²) < 4.78 is 5.63. The molecule has 26 heavy (non-hydrogen) atoms. The lowest BCUT2D eigenvalue weighted by molar-refractivity contribution is -0.139. The molecule has 1 aromatic rings. The van der Waals surface area contributed by atoms with Crippen molar-refractivity contribution in [2.45, 2.75) is 52.5 Å². The van der Waals surface area contributed by atoms with Crippen LogP contribution in [0.25, 0.3) is 5.57 Å². The van der Waals surface area contributed by atoms with Crippen molar-refractivity contribution >= 4 is 17.4 Å². The standard InChI is InChI=1S/C21H28N2O3/c1-4-14-26-17-10-8-16(9-11-17)18-19(22-12-6-5-7-13-22)21(25)23(15(2)3)20(18)24/h8-11,15H,4-7,12-14H2,1-3H3. The smallest absolute Gasteiger partial charge is 0.278 e. The van der Waals surface area contributed by atoms with Gasteiger partial charge in [-0.25, -0.2) is 0 Å². The Hall–Kier alpha value is -2.30. The van der Waals surface area contributed by atoms with E-state index in [2.05, 4.69) is 11.8 Å². The number of piperidine rings is 1. The molecule has 0 unspecified atom stereocenters. The summed E-state index contributed by atoms with van der Waals surface area (Å²) in [5.74, 6) is 0.439. The number of benzene rings is 1. The molecule has 140 valence electrons. The molecule has 0 N–H and O–H groups in total. The Morgan fingerprint density at radius 2 is 1.65 bits per heavy atom. The molecule has 1 aromatic carbocycles. The van der Waals surface area contributed by atoms with E-state index in [0.29, 0.717) is 17.9 Å². The minimum absolute atomic E-state index is 0.153. The number of hydrogen-bond acceptors (Lipinski definition) is 4. The quantitative estimate of drug-likeness (QED) is 0.733. The first-order valence-electron chi connectivity index (χ1n) is 9.65. The average molecular weight is 356 g/mol. The lowest BCUT2D eigenvalue weighted by Crippen LogP contribution is -2.40. The molecular weight excluding hydrogens is 328 g/mol. The van der Waals surface area contributed by atoms with Crippen molar-refractivity contribution in [1.29, 1.82) is 0 Å². The molecule has 2 heterocycles. The average Bonchev–Trinajstić information content (AvgIpc) is 2.91. The summed E-state index contributed by atoms with van der Waals surface area (Å²) in [5.41, 5.74) is 1.90. The van der Waals surface area contributed by atoms with Gasteiger partial charge in [0.15, 0.2) is 0 Å². The highest BCUT2D eigenvalue weighted by Gasteiger charge is 2.42. The second-order valence-electron chi connectivity index (χ2n) is 7.22. The number of rotatable bonds is 6. The second-order valence-corrected chi connectivity index (χ2v) is 7.22. The van der Waals surface area contributed by atoms with Crippen LogP contribution in [0.4, 0.5) is 0 Å². The van der Waals surface area contributed by atoms with Gasteiger partial charge in [-0.05, 0) is 57.2 Å².